The Balaban J connectivity index is 2.68. The second-order valence-electron chi connectivity index (χ2n) is 5.57. The molecular weight excluding hydrogens is 276 g/mol. The van der Waals surface area contributed by atoms with Gasteiger partial charge in [0.15, 0.2) is 5.78 Å². The fourth-order valence-electron chi connectivity index (χ4n) is 1.55. The van der Waals surface area contributed by atoms with Crippen LogP contribution in [0.15, 0.2) is 24.3 Å². The average Bonchev–Trinajstić information content (AvgIpc) is 2.36. The lowest BCUT2D eigenvalue weighted by Crippen LogP contribution is -2.38. The zero-order valence-corrected chi connectivity index (χ0v) is 12.2. The maximum Gasteiger partial charge on any atom is 0.323 e. The maximum absolute atomic E-state index is 11.9. The SMILES string of the molecule is CC(C)(C)OC(=O)C(N)CC(=O)c1ccc([N+](=O)[O-])cc1. The van der Waals surface area contributed by atoms with Gasteiger partial charge < -0.3 is 10.5 Å². The Labute approximate surface area is 122 Å². The van der Waals surface area contributed by atoms with E-state index in [1.165, 1.54) is 24.3 Å². The van der Waals surface area contributed by atoms with Crippen LogP contribution in [0.2, 0.25) is 0 Å². The number of Topliss-reactive ketones (excluding diaryl/α,β-unsaturated/α-hetero) is 1. The molecule has 7 nitrogen and oxygen atoms in total. The molecule has 0 aliphatic carbocycles. The van der Waals surface area contributed by atoms with E-state index in [1.54, 1.807) is 20.8 Å². The molecule has 0 aliphatic heterocycles. The van der Waals surface area contributed by atoms with Crippen LogP contribution in [0, 0.1) is 10.1 Å². The molecule has 0 bridgehead atoms. The van der Waals surface area contributed by atoms with Gasteiger partial charge in [-0.25, -0.2) is 0 Å². The van der Waals surface area contributed by atoms with E-state index in [-0.39, 0.29) is 23.5 Å². The summed E-state index contributed by atoms with van der Waals surface area (Å²) in [4.78, 5) is 33.6. The van der Waals surface area contributed by atoms with E-state index in [9.17, 15) is 19.7 Å². The number of esters is 1. The topological polar surface area (TPSA) is 113 Å². The van der Waals surface area contributed by atoms with Crippen molar-refractivity contribution in [1.29, 1.82) is 0 Å². The van der Waals surface area contributed by atoms with Crippen molar-refractivity contribution in [2.75, 3.05) is 0 Å². The molecular formula is C14H18N2O5. The molecule has 0 aromatic heterocycles. The van der Waals surface area contributed by atoms with Crippen molar-refractivity contribution in [2.45, 2.75) is 38.8 Å². The number of carbonyl (C=O) groups is 2. The smallest absolute Gasteiger partial charge is 0.323 e. The number of nitrogens with two attached hydrogens (primary N) is 1. The Morgan fingerprint density at radius 2 is 1.81 bits per heavy atom. The molecule has 0 saturated carbocycles. The summed E-state index contributed by atoms with van der Waals surface area (Å²) in [7, 11) is 0. The van der Waals surface area contributed by atoms with Crippen LogP contribution in [0.1, 0.15) is 37.6 Å². The number of nitro benzene ring substituents is 1. The van der Waals surface area contributed by atoms with Gasteiger partial charge in [-0.15, -0.1) is 0 Å². The lowest BCUT2D eigenvalue weighted by atomic mass is 10.0. The van der Waals surface area contributed by atoms with Crippen molar-refractivity contribution in [3.63, 3.8) is 0 Å². The van der Waals surface area contributed by atoms with Gasteiger partial charge in [0.1, 0.15) is 11.6 Å². The van der Waals surface area contributed by atoms with Crippen LogP contribution in [0.4, 0.5) is 5.69 Å². The second-order valence-corrected chi connectivity index (χ2v) is 5.57. The van der Waals surface area contributed by atoms with Crippen molar-refractivity contribution in [3.8, 4) is 0 Å². The number of ether oxygens (including phenoxy) is 1. The summed E-state index contributed by atoms with van der Waals surface area (Å²) in [6, 6.07) is 4.06. The number of non-ortho nitro benzene ring substituents is 1. The number of carbonyl (C=O) groups excluding carboxylic acids is 2. The van der Waals surface area contributed by atoms with E-state index in [0.29, 0.717) is 0 Å². The van der Waals surface area contributed by atoms with Crippen LogP contribution < -0.4 is 5.73 Å². The van der Waals surface area contributed by atoms with Gasteiger partial charge in [-0.1, -0.05) is 0 Å². The Morgan fingerprint density at radius 3 is 2.24 bits per heavy atom. The van der Waals surface area contributed by atoms with Crippen LogP contribution >= 0.6 is 0 Å². The molecule has 2 N–H and O–H groups in total. The molecule has 0 heterocycles. The number of nitrogens with zero attached hydrogens (tertiary/aromatic N) is 1. The Morgan fingerprint density at radius 1 is 1.29 bits per heavy atom. The van der Waals surface area contributed by atoms with Gasteiger partial charge in [0.25, 0.3) is 5.69 Å². The average molecular weight is 294 g/mol. The van der Waals surface area contributed by atoms with E-state index in [4.69, 9.17) is 10.5 Å². The molecule has 1 unspecified atom stereocenters. The summed E-state index contributed by atoms with van der Waals surface area (Å²) in [5.74, 6) is -1.03. The molecule has 114 valence electrons. The van der Waals surface area contributed by atoms with Gasteiger partial charge in [-0.3, -0.25) is 19.7 Å². The summed E-state index contributed by atoms with van der Waals surface area (Å²) in [5, 5.41) is 10.5. The van der Waals surface area contributed by atoms with Gasteiger partial charge in [0.2, 0.25) is 0 Å². The molecule has 0 fully saturated rings. The standard InChI is InChI=1S/C14H18N2O5/c1-14(2,3)21-13(18)11(15)8-12(17)9-4-6-10(7-5-9)16(19)20/h4-7,11H,8,15H2,1-3H3. The van der Waals surface area contributed by atoms with Crippen molar-refractivity contribution in [2.24, 2.45) is 5.73 Å². The number of rotatable bonds is 5. The zero-order chi connectivity index (χ0) is 16.2. The molecule has 21 heavy (non-hydrogen) atoms. The Hall–Kier alpha value is -2.28. The number of nitro groups is 1. The minimum Gasteiger partial charge on any atom is -0.459 e. The molecule has 1 rings (SSSR count). The van der Waals surface area contributed by atoms with Crippen molar-refractivity contribution in [3.05, 3.63) is 39.9 Å². The van der Waals surface area contributed by atoms with E-state index in [0.717, 1.165) is 0 Å². The Bertz CT molecular complexity index is 545. The molecule has 1 aromatic rings. The molecule has 1 aromatic carbocycles. The highest BCUT2D eigenvalue weighted by molar-refractivity contribution is 5.99. The third kappa shape index (κ3) is 5.31. The predicted octanol–water partition coefficient (Wildman–Crippen LogP) is 1.84. The van der Waals surface area contributed by atoms with Gasteiger partial charge in [0.05, 0.1) is 4.92 Å². The minimum absolute atomic E-state index is 0.108. The van der Waals surface area contributed by atoms with E-state index < -0.39 is 22.5 Å². The number of benzene rings is 1. The monoisotopic (exact) mass is 294 g/mol. The molecule has 0 amide bonds. The van der Waals surface area contributed by atoms with Crippen molar-refractivity contribution >= 4 is 17.4 Å². The molecule has 0 radical (unpaired) electrons. The predicted molar refractivity (Wildman–Crippen MR) is 75.9 cm³/mol. The summed E-state index contributed by atoms with van der Waals surface area (Å²) < 4.78 is 5.08. The highest BCUT2D eigenvalue weighted by Crippen LogP contribution is 2.15. The lowest BCUT2D eigenvalue weighted by Gasteiger charge is -2.21. The van der Waals surface area contributed by atoms with Gasteiger partial charge in [0, 0.05) is 24.1 Å². The summed E-state index contributed by atoms with van der Waals surface area (Å²) in [6.07, 6.45) is -0.216. The highest BCUT2D eigenvalue weighted by atomic mass is 16.6. The van der Waals surface area contributed by atoms with E-state index >= 15 is 0 Å². The van der Waals surface area contributed by atoms with Crippen LogP contribution in [0.25, 0.3) is 0 Å². The first-order valence-electron chi connectivity index (χ1n) is 6.36. The number of hydrogen-bond donors (Lipinski definition) is 1. The largest absolute Gasteiger partial charge is 0.459 e. The highest BCUT2D eigenvalue weighted by Gasteiger charge is 2.24. The summed E-state index contributed by atoms with van der Waals surface area (Å²) >= 11 is 0. The fourth-order valence-corrected chi connectivity index (χ4v) is 1.55. The van der Waals surface area contributed by atoms with Crippen LogP contribution in [-0.2, 0) is 9.53 Å². The summed E-state index contributed by atoms with van der Waals surface area (Å²) in [5.41, 5.74) is 5.12. The first kappa shape index (κ1) is 16.8. The van der Waals surface area contributed by atoms with Gasteiger partial charge in [-0.2, -0.15) is 0 Å². The van der Waals surface area contributed by atoms with E-state index in [2.05, 4.69) is 0 Å². The Kier molecular flexibility index (Phi) is 5.15. The van der Waals surface area contributed by atoms with Gasteiger partial charge >= 0.3 is 5.97 Å². The number of hydrogen-bond acceptors (Lipinski definition) is 6. The lowest BCUT2D eigenvalue weighted by molar-refractivity contribution is -0.384. The van der Waals surface area contributed by atoms with Crippen LogP contribution in [0.5, 0.6) is 0 Å². The molecule has 0 aliphatic rings. The maximum atomic E-state index is 11.9. The quantitative estimate of drug-likeness (QED) is 0.383. The third-order valence-electron chi connectivity index (χ3n) is 2.51. The zero-order valence-electron chi connectivity index (χ0n) is 12.2. The molecule has 0 saturated heterocycles. The number of ketones is 1. The third-order valence-corrected chi connectivity index (χ3v) is 2.51. The van der Waals surface area contributed by atoms with Crippen molar-refractivity contribution in [1.82, 2.24) is 0 Å². The van der Waals surface area contributed by atoms with Crippen LogP contribution in [-0.4, -0.2) is 28.3 Å². The van der Waals surface area contributed by atoms with Crippen molar-refractivity contribution < 1.29 is 19.2 Å². The van der Waals surface area contributed by atoms with Crippen LogP contribution in [0.3, 0.4) is 0 Å². The van der Waals surface area contributed by atoms with Gasteiger partial charge in [-0.05, 0) is 32.9 Å². The first-order valence-corrected chi connectivity index (χ1v) is 6.36. The fraction of sp³-hybridized carbons (Fsp3) is 0.429. The first-order chi connectivity index (χ1) is 9.60. The van der Waals surface area contributed by atoms with E-state index in [1.807, 2.05) is 0 Å². The summed E-state index contributed by atoms with van der Waals surface area (Å²) in [6.45, 7) is 5.11. The molecule has 1 atom stereocenters. The normalized spacial score (nSPS) is 12.6. The molecule has 0 spiro atoms. The molecule has 7 heteroatoms. The minimum atomic E-state index is -1.06. The second kappa shape index (κ2) is 6.45.